The van der Waals surface area contributed by atoms with Crippen LogP contribution in [0.15, 0.2) is 4.47 Å². The smallest absolute Gasteiger partial charge is 0.0767 e. The third-order valence-corrected chi connectivity index (χ3v) is 5.35. The number of halogens is 1. The Bertz CT molecular complexity index is 372. The molecule has 1 aromatic rings. The van der Waals surface area contributed by atoms with Crippen LogP contribution in [0.5, 0.6) is 0 Å². The summed E-state index contributed by atoms with van der Waals surface area (Å²) in [6, 6.07) is 0.667. The number of thioether (sulfide) groups is 1. The van der Waals surface area contributed by atoms with E-state index >= 15 is 0 Å². The third-order valence-electron chi connectivity index (χ3n) is 3.22. The molecule has 0 radical (unpaired) electrons. The Kier molecular flexibility index (Phi) is 4.94. The SMILES string of the molecule is CCc1nn(C)c(CNC2CCCSC2)c1Br. The molecule has 1 saturated heterocycles. The Morgan fingerprint density at radius 3 is 3.00 bits per heavy atom. The minimum absolute atomic E-state index is 0.667. The zero-order valence-corrected chi connectivity index (χ0v) is 12.9. The van der Waals surface area contributed by atoms with Gasteiger partial charge in [-0.05, 0) is 40.9 Å². The van der Waals surface area contributed by atoms with E-state index in [2.05, 4.69) is 45.0 Å². The largest absolute Gasteiger partial charge is 0.308 e. The van der Waals surface area contributed by atoms with Crippen LogP contribution >= 0.6 is 27.7 Å². The van der Waals surface area contributed by atoms with Gasteiger partial charge in [-0.1, -0.05) is 6.92 Å². The van der Waals surface area contributed by atoms with Gasteiger partial charge in [-0.15, -0.1) is 0 Å². The van der Waals surface area contributed by atoms with Gasteiger partial charge in [0, 0.05) is 25.4 Å². The molecular weight excluding hydrogens is 298 g/mol. The lowest BCUT2D eigenvalue weighted by Gasteiger charge is -2.22. The topological polar surface area (TPSA) is 29.9 Å². The van der Waals surface area contributed by atoms with Gasteiger partial charge in [-0.25, -0.2) is 0 Å². The van der Waals surface area contributed by atoms with E-state index in [0.717, 1.165) is 18.7 Å². The summed E-state index contributed by atoms with van der Waals surface area (Å²) in [5, 5.41) is 8.16. The quantitative estimate of drug-likeness (QED) is 0.926. The van der Waals surface area contributed by atoms with Crippen LogP contribution in [0.3, 0.4) is 0 Å². The van der Waals surface area contributed by atoms with Crippen molar-refractivity contribution < 1.29 is 0 Å². The van der Waals surface area contributed by atoms with Gasteiger partial charge in [0.05, 0.1) is 15.9 Å². The lowest BCUT2D eigenvalue weighted by Crippen LogP contribution is -2.33. The molecular formula is C12H20BrN3S. The summed E-state index contributed by atoms with van der Waals surface area (Å²) in [5.41, 5.74) is 2.42. The fourth-order valence-corrected chi connectivity index (χ4v) is 4.02. The molecule has 17 heavy (non-hydrogen) atoms. The lowest BCUT2D eigenvalue weighted by atomic mass is 10.2. The molecule has 5 heteroatoms. The van der Waals surface area contributed by atoms with Gasteiger partial charge in [-0.3, -0.25) is 4.68 Å². The standard InChI is InChI=1S/C12H20BrN3S/c1-3-10-12(13)11(16(2)15-10)7-14-9-5-4-6-17-8-9/h9,14H,3-8H2,1-2H3. The van der Waals surface area contributed by atoms with Gasteiger partial charge >= 0.3 is 0 Å². The molecule has 0 aliphatic carbocycles. The molecule has 2 rings (SSSR count). The van der Waals surface area contributed by atoms with E-state index in [-0.39, 0.29) is 0 Å². The molecule has 0 amide bonds. The molecule has 0 spiro atoms. The van der Waals surface area contributed by atoms with Crippen LogP contribution < -0.4 is 5.32 Å². The van der Waals surface area contributed by atoms with Gasteiger partial charge in [0.2, 0.25) is 0 Å². The average Bonchev–Trinajstić information content (AvgIpc) is 2.63. The first kappa shape index (κ1) is 13.4. The fraction of sp³-hybridized carbons (Fsp3) is 0.750. The number of nitrogens with one attached hydrogen (secondary N) is 1. The Balaban J connectivity index is 1.95. The summed E-state index contributed by atoms with van der Waals surface area (Å²) < 4.78 is 3.17. The maximum absolute atomic E-state index is 4.52. The van der Waals surface area contributed by atoms with E-state index in [1.54, 1.807) is 0 Å². The van der Waals surface area contributed by atoms with Crippen molar-refractivity contribution in [3.05, 3.63) is 15.9 Å². The van der Waals surface area contributed by atoms with Crippen LogP contribution in [0.4, 0.5) is 0 Å². The molecule has 0 bridgehead atoms. The summed E-state index contributed by atoms with van der Waals surface area (Å²) in [4.78, 5) is 0. The molecule has 3 nitrogen and oxygen atoms in total. The van der Waals surface area contributed by atoms with Crippen LogP contribution in [-0.2, 0) is 20.0 Å². The number of nitrogens with zero attached hydrogens (tertiary/aromatic N) is 2. The van der Waals surface area contributed by atoms with Crippen molar-refractivity contribution in [3.8, 4) is 0 Å². The Morgan fingerprint density at radius 2 is 2.41 bits per heavy atom. The van der Waals surface area contributed by atoms with Gasteiger partial charge in [-0.2, -0.15) is 16.9 Å². The molecule has 1 aromatic heterocycles. The average molecular weight is 318 g/mol. The predicted molar refractivity (Wildman–Crippen MR) is 77.5 cm³/mol. The highest BCUT2D eigenvalue weighted by atomic mass is 79.9. The maximum atomic E-state index is 4.52. The summed E-state index contributed by atoms with van der Waals surface area (Å²) in [6.07, 6.45) is 3.63. The minimum atomic E-state index is 0.667. The van der Waals surface area contributed by atoms with Crippen molar-refractivity contribution in [3.63, 3.8) is 0 Å². The predicted octanol–water partition coefficient (Wildman–Crippen LogP) is 2.73. The van der Waals surface area contributed by atoms with Crippen molar-refractivity contribution in [2.45, 2.75) is 38.8 Å². The first-order valence-corrected chi connectivity index (χ1v) is 8.18. The van der Waals surface area contributed by atoms with Crippen LogP contribution in [0.1, 0.15) is 31.2 Å². The third kappa shape index (κ3) is 3.26. The minimum Gasteiger partial charge on any atom is -0.308 e. The Labute approximate surface area is 116 Å². The molecule has 1 unspecified atom stereocenters. The summed E-state index contributed by atoms with van der Waals surface area (Å²) >= 11 is 5.72. The zero-order chi connectivity index (χ0) is 12.3. The number of aromatic nitrogens is 2. The van der Waals surface area contributed by atoms with E-state index in [1.807, 2.05) is 11.7 Å². The second-order valence-electron chi connectivity index (χ2n) is 4.48. The highest BCUT2D eigenvalue weighted by molar-refractivity contribution is 9.10. The summed E-state index contributed by atoms with van der Waals surface area (Å²) in [6.45, 7) is 3.05. The summed E-state index contributed by atoms with van der Waals surface area (Å²) in [5.74, 6) is 2.57. The maximum Gasteiger partial charge on any atom is 0.0767 e. The molecule has 0 saturated carbocycles. The van der Waals surface area contributed by atoms with E-state index in [9.17, 15) is 0 Å². The number of rotatable bonds is 4. The molecule has 96 valence electrons. The number of aryl methyl sites for hydroxylation is 2. The van der Waals surface area contributed by atoms with Gasteiger partial charge in [0.15, 0.2) is 0 Å². The van der Waals surface area contributed by atoms with E-state index < -0.39 is 0 Å². The van der Waals surface area contributed by atoms with E-state index in [1.165, 1.54) is 34.5 Å². The number of hydrogen-bond donors (Lipinski definition) is 1. The van der Waals surface area contributed by atoms with Gasteiger partial charge < -0.3 is 5.32 Å². The molecule has 1 fully saturated rings. The second kappa shape index (κ2) is 6.25. The van der Waals surface area contributed by atoms with Crippen molar-refractivity contribution in [1.82, 2.24) is 15.1 Å². The normalized spacial score (nSPS) is 20.8. The van der Waals surface area contributed by atoms with Crippen LogP contribution in [-0.4, -0.2) is 27.3 Å². The van der Waals surface area contributed by atoms with Gasteiger partial charge in [0.1, 0.15) is 0 Å². The number of hydrogen-bond acceptors (Lipinski definition) is 3. The molecule has 1 aliphatic rings. The molecule has 1 N–H and O–H groups in total. The highest BCUT2D eigenvalue weighted by Crippen LogP contribution is 2.22. The Morgan fingerprint density at radius 1 is 1.59 bits per heavy atom. The van der Waals surface area contributed by atoms with Crippen molar-refractivity contribution in [1.29, 1.82) is 0 Å². The zero-order valence-electron chi connectivity index (χ0n) is 10.5. The Hall–Kier alpha value is -0.000000000000000111. The lowest BCUT2D eigenvalue weighted by molar-refractivity contribution is 0.493. The summed E-state index contributed by atoms with van der Waals surface area (Å²) in [7, 11) is 2.02. The molecule has 2 heterocycles. The second-order valence-corrected chi connectivity index (χ2v) is 6.42. The van der Waals surface area contributed by atoms with E-state index in [4.69, 9.17) is 0 Å². The van der Waals surface area contributed by atoms with Crippen molar-refractivity contribution >= 4 is 27.7 Å². The first-order valence-electron chi connectivity index (χ1n) is 6.23. The van der Waals surface area contributed by atoms with Crippen LogP contribution in [0.25, 0.3) is 0 Å². The van der Waals surface area contributed by atoms with Crippen LogP contribution in [0, 0.1) is 0 Å². The van der Waals surface area contributed by atoms with Crippen molar-refractivity contribution in [2.75, 3.05) is 11.5 Å². The molecule has 1 atom stereocenters. The monoisotopic (exact) mass is 317 g/mol. The van der Waals surface area contributed by atoms with E-state index in [0.29, 0.717) is 6.04 Å². The fourth-order valence-electron chi connectivity index (χ4n) is 2.15. The molecule has 0 aromatic carbocycles. The molecule has 1 aliphatic heterocycles. The van der Waals surface area contributed by atoms with Crippen molar-refractivity contribution in [2.24, 2.45) is 7.05 Å². The van der Waals surface area contributed by atoms with Crippen LogP contribution in [0.2, 0.25) is 0 Å². The highest BCUT2D eigenvalue weighted by Gasteiger charge is 2.16. The van der Waals surface area contributed by atoms with Gasteiger partial charge in [0.25, 0.3) is 0 Å². The first-order chi connectivity index (χ1) is 8.22.